The molecule has 6 nitrogen and oxygen atoms in total. The van der Waals surface area contributed by atoms with E-state index >= 15 is 0 Å². The van der Waals surface area contributed by atoms with Gasteiger partial charge in [0.1, 0.15) is 0 Å². The number of ether oxygens (including phenoxy) is 1. The van der Waals surface area contributed by atoms with E-state index in [0.29, 0.717) is 37.5 Å². The maximum Gasteiger partial charge on any atom is 0.410 e. The summed E-state index contributed by atoms with van der Waals surface area (Å²) in [6.07, 6.45) is -2.47. The molecule has 0 bridgehead atoms. The van der Waals surface area contributed by atoms with E-state index in [1.54, 1.807) is 4.90 Å². The fourth-order valence-electron chi connectivity index (χ4n) is 5.22. The molecular weight excluding hydrogens is 433 g/mol. The van der Waals surface area contributed by atoms with Gasteiger partial charge in [-0.1, -0.05) is 6.92 Å². The molecule has 1 aliphatic heterocycles. The molecule has 2 aliphatic rings. The minimum absolute atomic E-state index is 0.0137. The van der Waals surface area contributed by atoms with Crippen molar-refractivity contribution in [2.45, 2.75) is 83.9 Å². The molecule has 2 aromatic heterocycles. The van der Waals surface area contributed by atoms with Gasteiger partial charge in [0.05, 0.1) is 23.4 Å². The molecule has 2 atom stereocenters. The van der Waals surface area contributed by atoms with Crippen LogP contribution in [0, 0.1) is 18.8 Å². The monoisotopic (exact) mass is 466 g/mol. The highest BCUT2D eigenvalue weighted by atomic mass is 19.4. The molecule has 2 aromatic rings. The summed E-state index contributed by atoms with van der Waals surface area (Å²) in [5, 5.41) is 4.83. The van der Waals surface area contributed by atoms with Crippen LogP contribution in [0.3, 0.4) is 0 Å². The van der Waals surface area contributed by atoms with E-state index in [1.807, 2.05) is 37.4 Å². The van der Waals surface area contributed by atoms with Crippen LogP contribution in [0.2, 0.25) is 0 Å². The molecule has 3 heterocycles. The summed E-state index contributed by atoms with van der Waals surface area (Å²) in [5.41, 5.74) is 3.38. The number of amides is 1. The third kappa shape index (κ3) is 5.11. The predicted octanol–water partition coefficient (Wildman–Crippen LogP) is 5.84. The molecule has 33 heavy (non-hydrogen) atoms. The maximum atomic E-state index is 13.1. The zero-order chi connectivity index (χ0) is 23.9. The number of hydrogen-bond donors (Lipinski definition) is 0. The van der Waals surface area contributed by atoms with Crippen molar-refractivity contribution in [2.75, 3.05) is 13.1 Å². The number of nitrogens with zero attached hydrogens (tertiary/aromatic N) is 4. The van der Waals surface area contributed by atoms with Gasteiger partial charge in [0, 0.05) is 36.7 Å². The lowest BCUT2D eigenvalue weighted by molar-refractivity contribution is -0.182. The number of fused-ring (bicyclic) bond motifs is 1. The van der Waals surface area contributed by atoms with Crippen molar-refractivity contribution in [3.8, 4) is 0 Å². The van der Waals surface area contributed by atoms with Crippen molar-refractivity contribution >= 4 is 11.7 Å². The van der Waals surface area contributed by atoms with Crippen LogP contribution in [0.4, 0.5) is 18.0 Å². The highest BCUT2D eigenvalue weighted by molar-refractivity contribution is 5.68. The fourth-order valence-corrected chi connectivity index (χ4v) is 5.22. The molecule has 2 fully saturated rings. The Morgan fingerprint density at radius 2 is 1.85 bits per heavy atom. The van der Waals surface area contributed by atoms with Crippen LogP contribution in [0.1, 0.15) is 81.8 Å². The number of hydrogen-bond acceptors (Lipinski definition) is 4. The number of aryl methyl sites for hydroxylation is 1. The summed E-state index contributed by atoms with van der Waals surface area (Å²) in [5.74, 6) is -0.787. The number of carbonyl (C=O) groups excluding carboxylic acids is 1. The number of halogens is 3. The predicted molar refractivity (Wildman–Crippen MR) is 118 cm³/mol. The van der Waals surface area contributed by atoms with Gasteiger partial charge in [-0.2, -0.15) is 18.3 Å². The molecule has 0 aromatic carbocycles. The second-order valence-electron chi connectivity index (χ2n) is 10.0. The third-order valence-corrected chi connectivity index (χ3v) is 7.14. The van der Waals surface area contributed by atoms with Gasteiger partial charge in [-0.05, 0) is 64.9 Å². The van der Waals surface area contributed by atoms with E-state index in [2.05, 4.69) is 11.9 Å². The van der Waals surface area contributed by atoms with E-state index in [-0.39, 0.29) is 36.9 Å². The number of carbonyl (C=O) groups is 1. The van der Waals surface area contributed by atoms with Gasteiger partial charge < -0.3 is 9.64 Å². The first-order valence-corrected chi connectivity index (χ1v) is 11.9. The van der Waals surface area contributed by atoms with Crippen molar-refractivity contribution in [3.05, 3.63) is 29.2 Å². The minimum Gasteiger partial charge on any atom is -0.447 e. The molecule has 1 saturated carbocycles. The second kappa shape index (κ2) is 9.14. The minimum atomic E-state index is -4.12. The fraction of sp³-hybridized carbons (Fsp3) is 0.708. The molecular formula is C24H33F3N4O2. The van der Waals surface area contributed by atoms with Crippen molar-refractivity contribution < 1.29 is 22.7 Å². The maximum absolute atomic E-state index is 13.1. The van der Waals surface area contributed by atoms with Gasteiger partial charge in [-0.15, -0.1) is 0 Å². The molecule has 1 amide bonds. The van der Waals surface area contributed by atoms with E-state index in [4.69, 9.17) is 9.84 Å². The lowest BCUT2D eigenvalue weighted by Gasteiger charge is -2.37. The number of aromatic nitrogens is 3. The van der Waals surface area contributed by atoms with Crippen LogP contribution < -0.4 is 0 Å². The van der Waals surface area contributed by atoms with Crippen molar-refractivity contribution in [1.82, 2.24) is 19.5 Å². The Kier molecular flexibility index (Phi) is 6.60. The van der Waals surface area contributed by atoms with Gasteiger partial charge in [0.2, 0.25) is 0 Å². The summed E-state index contributed by atoms with van der Waals surface area (Å²) >= 11 is 0. The van der Waals surface area contributed by atoms with Gasteiger partial charge in [-0.25, -0.2) is 14.3 Å². The highest BCUT2D eigenvalue weighted by Gasteiger charge is 2.42. The van der Waals surface area contributed by atoms with Crippen LogP contribution >= 0.6 is 0 Å². The molecule has 0 unspecified atom stereocenters. The zero-order valence-electron chi connectivity index (χ0n) is 19.7. The largest absolute Gasteiger partial charge is 0.447 e. The Hall–Kier alpha value is -2.32. The standard InChI is InChI=1S/C24H33F3N4O2/c1-14(2)33-23(32)30-10-9-15(3)19(13-30)21-11-16(4)28-22-12-20(29-31(21)22)17-5-7-18(8-6-17)24(25,26)27/h11-12,14-15,17-19H,5-10,13H2,1-4H3/t15-,17?,18?,19-/m1/s1. The van der Waals surface area contributed by atoms with E-state index in [9.17, 15) is 18.0 Å². The summed E-state index contributed by atoms with van der Waals surface area (Å²) in [6, 6.07) is 3.94. The van der Waals surface area contributed by atoms with Crippen LogP contribution in [0.5, 0.6) is 0 Å². The van der Waals surface area contributed by atoms with Crippen LogP contribution in [-0.2, 0) is 4.74 Å². The second-order valence-corrected chi connectivity index (χ2v) is 10.0. The number of rotatable bonds is 3. The van der Waals surface area contributed by atoms with Crippen LogP contribution in [0.15, 0.2) is 12.1 Å². The van der Waals surface area contributed by atoms with Crippen molar-refractivity contribution in [1.29, 1.82) is 0 Å². The average Bonchev–Trinajstić information content (AvgIpc) is 3.16. The van der Waals surface area contributed by atoms with E-state index in [0.717, 1.165) is 23.5 Å². The molecule has 1 saturated heterocycles. The average molecular weight is 467 g/mol. The summed E-state index contributed by atoms with van der Waals surface area (Å²) in [4.78, 5) is 18.9. The van der Waals surface area contributed by atoms with Crippen molar-refractivity contribution in [2.24, 2.45) is 11.8 Å². The topological polar surface area (TPSA) is 59.7 Å². The first-order valence-electron chi connectivity index (χ1n) is 11.9. The lowest BCUT2D eigenvalue weighted by Crippen LogP contribution is -2.43. The smallest absolute Gasteiger partial charge is 0.410 e. The van der Waals surface area contributed by atoms with E-state index in [1.165, 1.54) is 0 Å². The van der Waals surface area contributed by atoms with E-state index < -0.39 is 12.1 Å². The van der Waals surface area contributed by atoms with Gasteiger partial charge in [0.15, 0.2) is 5.65 Å². The summed E-state index contributed by atoms with van der Waals surface area (Å²) in [7, 11) is 0. The van der Waals surface area contributed by atoms with Gasteiger partial charge in [0.25, 0.3) is 0 Å². The molecule has 0 N–H and O–H groups in total. The first kappa shape index (κ1) is 23.8. The number of likely N-dealkylation sites (tertiary alicyclic amines) is 1. The zero-order valence-corrected chi connectivity index (χ0v) is 19.7. The Labute approximate surface area is 192 Å². The SMILES string of the molecule is Cc1cc([C@@H]2CN(C(=O)OC(C)C)CC[C@H]2C)n2nc(C3CCC(C(F)(F)F)CC3)cc2n1. The number of alkyl halides is 3. The first-order chi connectivity index (χ1) is 15.5. The molecule has 0 spiro atoms. The Morgan fingerprint density at radius 1 is 1.15 bits per heavy atom. The molecule has 9 heteroatoms. The highest BCUT2D eigenvalue weighted by Crippen LogP contribution is 2.43. The lowest BCUT2D eigenvalue weighted by atomic mass is 9.80. The Bertz CT molecular complexity index is 995. The molecule has 0 radical (unpaired) electrons. The van der Waals surface area contributed by atoms with Gasteiger partial charge >= 0.3 is 12.3 Å². The van der Waals surface area contributed by atoms with Crippen LogP contribution in [-0.4, -0.2) is 51.0 Å². The molecule has 1 aliphatic carbocycles. The summed E-state index contributed by atoms with van der Waals surface area (Å²) < 4.78 is 46.5. The van der Waals surface area contributed by atoms with Gasteiger partial charge in [-0.3, -0.25) is 0 Å². The normalized spacial score (nSPS) is 26.7. The Balaban J connectivity index is 1.59. The quantitative estimate of drug-likeness (QED) is 0.570. The summed E-state index contributed by atoms with van der Waals surface area (Å²) in [6.45, 7) is 8.99. The molecule has 4 rings (SSSR count). The number of piperidine rings is 1. The van der Waals surface area contributed by atoms with Crippen molar-refractivity contribution in [3.63, 3.8) is 0 Å². The van der Waals surface area contributed by atoms with Crippen LogP contribution in [0.25, 0.3) is 5.65 Å². The Morgan fingerprint density at radius 3 is 2.48 bits per heavy atom. The third-order valence-electron chi connectivity index (χ3n) is 7.14. The molecule has 182 valence electrons.